The van der Waals surface area contributed by atoms with Gasteiger partial charge in [0.2, 0.25) is 0 Å². The van der Waals surface area contributed by atoms with Crippen LogP contribution in [0.25, 0.3) is 5.82 Å². The van der Waals surface area contributed by atoms with E-state index in [2.05, 4.69) is 20.7 Å². The predicted molar refractivity (Wildman–Crippen MR) is 92.3 cm³/mol. The van der Waals surface area contributed by atoms with Gasteiger partial charge in [-0.15, -0.1) is 0 Å². The molecular weight excluding hydrogens is 326 g/mol. The topological polar surface area (TPSA) is 92.1 Å². The zero-order valence-corrected chi connectivity index (χ0v) is 13.8. The Bertz CT molecular complexity index is 799. The van der Waals surface area contributed by atoms with Crippen LogP contribution in [0, 0.1) is 0 Å². The molecule has 0 saturated carbocycles. The van der Waals surface area contributed by atoms with Crippen molar-refractivity contribution in [3.63, 3.8) is 0 Å². The Balaban J connectivity index is 1.57. The molecule has 124 valence electrons. The molecule has 0 aliphatic rings. The van der Waals surface area contributed by atoms with Crippen LogP contribution in [0.5, 0.6) is 0 Å². The number of urea groups is 1. The molecule has 3 N–H and O–H groups in total. The average molecular weight is 343 g/mol. The highest BCUT2D eigenvalue weighted by Crippen LogP contribution is 2.22. The quantitative estimate of drug-likeness (QED) is 0.663. The van der Waals surface area contributed by atoms with Gasteiger partial charge >= 0.3 is 6.03 Å². The summed E-state index contributed by atoms with van der Waals surface area (Å²) in [5.74, 6) is 0.659. The minimum Gasteiger partial charge on any atom is -0.384 e. The summed E-state index contributed by atoms with van der Waals surface area (Å²) >= 11 is 1.50. The number of carbonyl (C=O) groups excluding carboxylic acids is 1. The number of pyridine rings is 1. The number of anilines is 1. The van der Waals surface area contributed by atoms with Crippen LogP contribution < -0.4 is 10.6 Å². The summed E-state index contributed by atoms with van der Waals surface area (Å²) in [6, 6.07) is 6.91. The Labute approximate surface area is 143 Å². The second-order valence-corrected chi connectivity index (χ2v) is 6.24. The molecule has 0 aliphatic heterocycles. The smallest absolute Gasteiger partial charge is 0.319 e. The first-order valence-corrected chi connectivity index (χ1v) is 8.25. The highest BCUT2D eigenvalue weighted by atomic mass is 32.1. The van der Waals surface area contributed by atoms with E-state index < -0.39 is 11.6 Å². The molecule has 7 nitrogen and oxygen atoms in total. The normalized spacial score (nSPS) is 13.2. The molecule has 0 fully saturated rings. The molecule has 8 heteroatoms. The number of aromatic nitrogens is 3. The Kier molecular flexibility index (Phi) is 4.59. The van der Waals surface area contributed by atoms with E-state index in [-0.39, 0.29) is 6.54 Å². The first-order valence-electron chi connectivity index (χ1n) is 7.30. The molecule has 0 unspecified atom stereocenters. The highest BCUT2D eigenvalue weighted by molar-refractivity contribution is 7.08. The van der Waals surface area contributed by atoms with Crippen molar-refractivity contribution in [3.05, 3.63) is 59.2 Å². The summed E-state index contributed by atoms with van der Waals surface area (Å²) in [4.78, 5) is 16.2. The second kappa shape index (κ2) is 6.81. The summed E-state index contributed by atoms with van der Waals surface area (Å²) in [5, 5.41) is 23.6. The molecular formula is C16H17N5O2S. The molecule has 0 radical (unpaired) electrons. The largest absolute Gasteiger partial charge is 0.384 e. The van der Waals surface area contributed by atoms with Crippen molar-refractivity contribution in [2.75, 3.05) is 11.9 Å². The van der Waals surface area contributed by atoms with Crippen molar-refractivity contribution in [2.24, 2.45) is 0 Å². The molecule has 0 saturated heterocycles. The van der Waals surface area contributed by atoms with Crippen molar-refractivity contribution < 1.29 is 9.90 Å². The van der Waals surface area contributed by atoms with E-state index >= 15 is 0 Å². The highest BCUT2D eigenvalue weighted by Gasteiger charge is 2.24. The third-order valence-electron chi connectivity index (χ3n) is 3.46. The Morgan fingerprint density at radius 1 is 1.42 bits per heavy atom. The number of hydrogen-bond acceptors (Lipinski definition) is 5. The van der Waals surface area contributed by atoms with Crippen LogP contribution in [0.4, 0.5) is 10.5 Å². The molecule has 24 heavy (non-hydrogen) atoms. The summed E-state index contributed by atoms with van der Waals surface area (Å²) < 4.78 is 1.57. The van der Waals surface area contributed by atoms with Crippen molar-refractivity contribution >= 4 is 23.1 Å². The number of thiophene rings is 1. The molecule has 3 heterocycles. The maximum atomic E-state index is 12.0. The SMILES string of the molecule is C[C@](O)(CNC(=O)Nc1cnn(-c2ccccn2)c1)c1ccsc1. The van der Waals surface area contributed by atoms with Crippen LogP contribution in [0.15, 0.2) is 53.6 Å². The van der Waals surface area contributed by atoms with Crippen molar-refractivity contribution in [3.8, 4) is 5.82 Å². The Morgan fingerprint density at radius 3 is 3.00 bits per heavy atom. The fourth-order valence-electron chi connectivity index (χ4n) is 2.10. The number of amides is 2. The molecule has 1 atom stereocenters. The molecule has 0 spiro atoms. The standard InChI is InChI=1S/C16H17N5O2S/c1-16(23,12-5-7-24-10-12)11-18-15(22)20-13-8-19-21(9-13)14-4-2-3-6-17-14/h2-10,23H,11H2,1H3,(H2,18,20,22)/t16-/m0/s1. The predicted octanol–water partition coefficient (Wildman–Crippen LogP) is 2.36. The molecule has 3 rings (SSSR count). The minimum absolute atomic E-state index is 0.101. The van der Waals surface area contributed by atoms with E-state index in [0.29, 0.717) is 11.5 Å². The third kappa shape index (κ3) is 3.79. The van der Waals surface area contributed by atoms with Gasteiger partial charge in [0.25, 0.3) is 0 Å². The fourth-order valence-corrected chi connectivity index (χ4v) is 2.89. The number of nitrogens with one attached hydrogen (secondary N) is 2. The van der Waals surface area contributed by atoms with E-state index in [1.54, 1.807) is 24.0 Å². The van der Waals surface area contributed by atoms with Crippen LogP contribution in [-0.4, -0.2) is 32.4 Å². The number of hydrogen-bond donors (Lipinski definition) is 3. The lowest BCUT2D eigenvalue weighted by Gasteiger charge is -2.22. The van der Waals surface area contributed by atoms with Crippen LogP contribution in [-0.2, 0) is 5.60 Å². The van der Waals surface area contributed by atoms with E-state index in [1.165, 1.54) is 17.5 Å². The molecule has 2 amide bonds. The first-order chi connectivity index (χ1) is 11.5. The van der Waals surface area contributed by atoms with Gasteiger partial charge in [0, 0.05) is 6.20 Å². The molecule has 0 bridgehead atoms. The third-order valence-corrected chi connectivity index (χ3v) is 4.14. The maximum Gasteiger partial charge on any atom is 0.319 e. The van der Waals surface area contributed by atoms with Gasteiger partial charge in [0.1, 0.15) is 5.60 Å². The Hall–Kier alpha value is -2.71. The van der Waals surface area contributed by atoms with Gasteiger partial charge in [-0.05, 0) is 41.4 Å². The lowest BCUT2D eigenvalue weighted by Crippen LogP contribution is -2.40. The molecule has 0 aromatic carbocycles. The van der Waals surface area contributed by atoms with Crippen molar-refractivity contribution in [1.82, 2.24) is 20.1 Å². The summed E-state index contributed by atoms with van der Waals surface area (Å²) in [7, 11) is 0. The number of rotatable bonds is 5. The molecule has 3 aromatic heterocycles. The van der Waals surface area contributed by atoms with Crippen LogP contribution in [0.2, 0.25) is 0 Å². The van der Waals surface area contributed by atoms with Gasteiger partial charge < -0.3 is 15.7 Å². The van der Waals surface area contributed by atoms with E-state index in [1.807, 2.05) is 35.0 Å². The van der Waals surface area contributed by atoms with Crippen LogP contribution in [0.1, 0.15) is 12.5 Å². The van der Waals surface area contributed by atoms with Gasteiger partial charge in [-0.3, -0.25) is 0 Å². The van der Waals surface area contributed by atoms with E-state index in [9.17, 15) is 9.90 Å². The summed E-state index contributed by atoms with van der Waals surface area (Å²) in [6.07, 6.45) is 4.87. The number of carbonyl (C=O) groups is 1. The zero-order chi connectivity index (χ0) is 17.0. The molecule has 3 aromatic rings. The maximum absolute atomic E-state index is 12.0. The van der Waals surface area contributed by atoms with Gasteiger partial charge in [-0.25, -0.2) is 14.5 Å². The summed E-state index contributed by atoms with van der Waals surface area (Å²) in [5.41, 5.74) is 0.194. The van der Waals surface area contributed by atoms with Gasteiger partial charge in [-0.1, -0.05) is 6.07 Å². The zero-order valence-electron chi connectivity index (χ0n) is 13.0. The molecule has 0 aliphatic carbocycles. The number of aliphatic hydroxyl groups is 1. The van der Waals surface area contributed by atoms with E-state index in [4.69, 9.17) is 0 Å². The monoisotopic (exact) mass is 343 g/mol. The fraction of sp³-hybridized carbons (Fsp3) is 0.188. The summed E-state index contributed by atoms with van der Waals surface area (Å²) in [6.45, 7) is 1.76. The minimum atomic E-state index is -1.12. The van der Waals surface area contributed by atoms with Crippen molar-refractivity contribution in [2.45, 2.75) is 12.5 Å². The number of nitrogens with zero attached hydrogens (tertiary/aromatic N) is 3. The second-order valence-electron chi connectivity index (χ2n) is 5.46. The van der Waals surface area contributed by atoms with Crippen LogP contribution in [0.3, 0.4) is 0 Å². The van der Waals surface area contributed by atoms with Gasteiger partial charge in [0.05, 0.1) is 24.6 Å². The average Bonchev–Trinajstić information content (AvgIpc) is 3.26. The lowest BCUT2D eigenvalue weighted by atomic mass is 9.99. The van der Waals surface area contributed by atoms with E-state index in [0.717, 1.165) is 5.56 Å². The van der Waals surface area contributed by atoms with Crippen molar-refractivity contribution in [1.29, 1.82) is 0 Å². The van der Waals surface area contributed by atoms with Gasteiger partial charge in [0.15, 0.2) is 5.82 Å². The van der Waals surface area contributed by atoms with Crippen LogP contribution >= 0.6 is 11.3 Å². The first kappa shape index (κ1) is 16.2. The van der Waals surface area contributed by atoms with Gasteiger partial charge in [-0.2, -0.15) is 16.4 Å². The lowest BCUT2D eigenvalue weighted by molar-refractivity contribution is 0.0604. The Morgan fingerprint density at radius 2 is 2.29 bits per heavy atom.